The topological polar surface area (TPSA) is 113 Å². The minimum Gasteiger partial charge on any atom is -0.497 e. The number of nitrogen functional groups attached to an aromatic ring is 1. The van der Waals surface area contributed by atoms with Gasteiger partial charge in [0, 0.05) is 45.6 Å². The molecule has 11 heteroatoms. The van der Waals surface area contributed by atoms with E-state index < -0.39 is 11.9 Å². The monoisotopic (exact) mass is 739 g/mol. The number of nitrogens with zero attached hydrogens (tertiary/aromatic N) is 2. The van der Waals surface area contributed by atoms with Crippen molar-refractivity contribution in [3.05, 3.63) is 92.5 Å². The van der Waals surface area contributed by atoms with Crippen molar-refractivity contribution in [3.63, 3.8) is 0 Å². The molecule has 1 saturated carbocycles. The number of rotatable bonds is 10. The number of hydrogen-bond donors (Lipinski definition) is 1. The molecule has 3 aromatic carbocycles. The van der Waals surface area contributed by atoms with Crippen LogP contribution in [0.4, 0.5) is 5.69 Å². The second kappa shape index (κ2) is 17.5. The fraction of sp³-hybridized carbons (Fsp3) is 0.378. The number of ether oxygens (including phenoxy) is 3. The number of nitrogens with two attached hydrogens (primary N) is 1. The summed E-state index contributed by atoms with van der Waals surface area (Å²) in [4.78, 5) is 38.2. The molecule has 0 unspecified atom stereocenters. The molecule has 0 saturated heterocycles. The van der Waals surface area contributed by atoms with Crippen molar-refractivity contribution in [2.45, 2.75) is 65.5 Å². The van der Waals surface area contributed by atoms with Gasteiger partial charge in [0.2, 0.25) is 0 Å². The summed E-state index contributed by atoms with van der Waals surface area (Å²) in [6.45, 7) is 7.12. The molecule has 48 heavy (non-hydrogen) atoms. The van der Waals surface area contributed by atoms with Crippen molar-refractivity contribution in [2.75, 3.05) is 32.6 Å². The summed E-state index contributed by atoms with van der Waals surface area (Å²) in [6.07, 6.45) is 6.29. The van der Waals surface area contributed by atoms with E-state index in [1.54, 1.807) is 48.1 Å². The summed E-state index contributed by atoms with van der Waals surface area (Å²) < 4.78 is 17.6. The van der Waals surface area contributed by atoms with Gasteiger partial charge in [-0.1, -0.05) is 37.8 Å². The Morgan fingerprint density at radius 1 is 0.958 bits per heavy atom. The molecule has 0 aliphatic heterocycles. The van der Waals surface area contributed by atoms with Gasteiger partial charge < -0.3 is 19.9 Å². The second-order valence-electron chi connectivity index (χ2n) is 11.7. The number of fused-ring (bicyclic) bond motifs is 1. The van der Waals surface area contributed by atoms with Gasteiger partial charge in [-0.15, -0.1) is 0 Å². The van der Waals surface area contributed by atoms with Crippen LogP contribution in [0.2, 0.25) is 5.02 Å². The van der Waals surface area contributed by atoms with Crippen molar-refractivity contribution in [3.8, 4) is 5.75 Å². The molecular formula is C37H43BrClN3O6. The van der Waals surface area contributed by atoms with Crippen LogP contribution >= 0.6 is 27.5 Å². The third-order valence-electron chi connectivity index (χ3n) is 8.43. The molecule has 1 aromatic heterocycles. The van der Waals surface area contributed by atoms with Crippen LogP contribution in [-0.2, 0) is 20.8 Å². The molecule has 0 spiro atoms. The Kier molecular flexibility index (Phi) is 13.5. The maximum atomic E-state index is 12.7. The Morgan fingerprint density at radius 3 is 2.29 bits per heavy atom. The van der Waals surface area contributed by atoms with Gasteiger partial charge in [-0.3, -0.25) is 19.1 Å². The standard InChI is InChI=1S/C20H29BrN2O4.C17H14ClNO2/c1-3-23(17-7-5-4-6-8-17)13-16-11-15(12-18(21)19(16)22)20(25)27-10-9-26-14(2)24;1-11-9-13-10-15(21-2)7-8-16(13)19(11)17(20)12-3-5-14(18)6-4-12/h11-12,17H,3-10,13,22H2,1-2H3;3-10H,1-2H3. The fourth-order valence-corrected chi connectivity index (χ4v) is 6.57. The van der Waals surface area contributed by atoms with E-state index in [0.717, 1.165) is 34.5 Å². The first kappa shape index (κ1) is 37.0. The van der Waals surface area contributed by atoms with Crippen molar-refractivity contribution in [1.82, 2.24) is 9.47 Å². The molecule has 5 rings (SSSR count). The Hall–Kier alpha value is -3.86. The van der Waals surface area contributed by atoms with Crippen LogP contribution in [0.3, 0.4) is 0 Å². The van der Waals surface area contributed by atoms with Gasteiger partial charge in [0.15, 0.2) is 0 Å². The molecular weight excluding hydrogens is 698 g/mol. The maximum Gasteiger partial charge on any atom is 0.338 e. The lowest BCUT2D eigenvalue weighted by Crippen LogP contribution is -2.36. The number of hydrogen-bond acceptors (Lipinski definition) is 8. The van der Waals surface area contributed by atoms with E-state index in [1.807, 2.05) is 31.2 Å². The summed E-state index contributed by atoms with van der Waals surface area (Å²) >= 11 is 9.32. The third-order valence-corrected chi connectivity index (χ3v) is 9.34. The average molecular weight is 741 g/mol. The predicted octanol–water partition coefficient (Wildman–Crippen LogP) is 8.21. The molecule has 1 aliphatic rings. The van der Waals surface area contributed by atoms with Crippen LogP contribution < -0.4 is 10.5 Å². The first-order valence-corrected chi connectivity index (χ1v) is 17.3. The highest BCUT2D eigenvalue weighted by atomic mass is 79.9. The van der Waals surface area contributed by atoms with E-state index in [9.17, 15) is 14.4 Å². The zero-order valence-electron chi connectivity index (χ0n) is 27.9. The number of anilines is 1. The molecule has 2 N–H and O–H groups in total. The molecule has 0 radical (unpaired) electrons. The number of benzene rings is 3. The van der Waals surface area contributed by atoms with E-state index >= 15 is 0 Å². The number of aryl methyl sites for hydroxylation is 1. The molecule has 1 fully saturated rings. The molecule has 4 aromatic rings. The maximum absolute atomic E-state index is 12.7. The SMILES string of the molecule is CCN(Cc1cc(C(=O)OCCOC(C)=O)cc(Br)c1N)C1CCCCC1.COc1ccc2c(c1)cc(C)n2C(=O)c1ccc(Cl)cc1. The molecule has 9 nitrogen and oxygen atoms in total. The van der Waals surface area contributed by atoms with Crippen molar-refractivity contribution >= 4 is 62.0 Å². The van der Waals surface area contributed by atoms with Crippen LogP contribution in [0.5, 0.6) is 5.75 Å². The number of methoxy groups -OCH3 is 1. The van der Waals surface area contributed by atoms with Crippen LogP contribution in [0.15, 0.2) is 65.1 Å². The average Bonchev–Trinajstić information content (AvgIpc) is 3.42. The molecule has 0 atom stereocenters. The van der Waals surface area contributed by atoms with Gasteiger partial charge in [0.25, 0.3) is 5.91 Å². The van der Waals surface area contributed by atoms with Crippen LogP contribution in [0.25, 0.3) is 10.9 Å². The van der Waals surface area contributed by atoms with E-state index in [-0.39, 0.29) is 19.1 Å². The van der Waals surface area contributed by atoms with Gasteiger partial charge in [-0.05, 0) is 108 Å². The highest BCUT2D eigenvalue weighted by Gasteiger charge is 2.22. The summed E-state index contributed by atoms with van der Waals surface area (Å²) in [5.41, 5.74) is 10.6. The Bertz CT molecular complexity index is 1730. The Balaban J connectivity index is 0.000000223. The Morgan fingerprint density at radius 2 is 1.65 bits per heavy atom. The predicted molar refractivity (Wildman–Crippen MR) is 193 cm³/mol. The zero-order valence-corrected chi connectivity index (χ0v) is 30.2. The van der Waals surface area contributed by atoms with Gasteiger partial charge in [0.05, 0.1) is 23.9 Å². The lowest BCUT2D eigenvalue weighted by molar-refractivity contribution is -0.142. The summed E-state index contributed by atoms with van der Waals surface area (Å²) in [5.74, 6) is -0.140. The van der Waals surface area contributed by atoms with Crippen molar-refractivity contribution in [1.29, 1.82) is 0 Å². The molecule has 0 bridgehead atoms. The highest BCUT2D eigenvalue weighted by molar-refractivity contribution is 9.10. The van der Waals surface area contributed by atoms with Crippen molar-refractivity contribution in [2.24, 2.45) is 0 Å². The fourth-order valence-electron chi connectivity index (χ4n) is 5.94. The van der Waals surface area contributed by atoms with Gasteiger partial charge in [-0.25, -0.2) is 4.79 Å². The van der Waals surface area contributed by atoms with E-state index in [4.69, 9.17) is 31.5 Å². The highest BCUT2D eigenvalue weighted by Crippen LogP contribution is 2.30. The number of carbonyl (C=O) groups is 3. The largest absolute Gasteiger partial charge is 0.497 e. The van der Waals surface area contributed by atoms with Gasteiger partial charge in [-0.2, -0.15) is 0 Å². The van der Waals surface area contributed by atoms with E-state index in [1.165, 1.54) is 39.0 Å². The number of carbonyl (C=O) groups excluding carboxylic acids is 3. The number of halogens is 2. The van der Waals surface area contributed by atoms with Crippen molar-refractivity contribution < 1.29 is 28.6 Å². The smallest absolute Gasteiger partial charge is 0.338 e. The molecule has 256 valence electrons. The molecule has 1 heterocycles. The first-order valence-electron chi connectivity index (χ1n) is 16.1. The molecule has 0 amide bonds. The third kappa shape index (κ3) is 9.61. The minimum atomic E-state index is -0.454. The van der Waals surface area contributed by atoms with Crippen LogP contribution in [0.1, 0.15) is 77.9 Å². The lowest BCUT2D eigenvalue weighted by atomic mass is 9.93. The number of esters is 2. The summed E-state index contributed by atoms with van der Waals surface area (Å²) in [6, 6.07) is 18.6. The van der Waals surface area contributed by atoms with Gasteiger partial charge in [0.1, 0.15) is 19.0 Å². The first-order chi connectivity index (χ1) is 23.0. The second-order valence-corrected chi connectivity index (χ2v) is 13.0. The number of aromatic nitrogens is 1. The zero-order chi connectivity index (χ0) is 34.8. The summed E-state index contributed by atoms with van der Waals surface area (Å²) in [5, 5.41) is 1.60. The summed E-state index contributed by atoms with van der Waals surface area (Å²) in [7, 11) is 1.63. The quantitative estimate of drug-likeness (QED) is 0.0984. The van der Waals surface area contributed by atoms with Gasteiger partial charge >= 0.3 is 11.9 Å². The normalized spacial score (nSPS) is 13.1. The van der Waals surface area contributed by atoms with Crippen LogP contribution in [0, 0.1) is 6.92 Å². The Labute approximate surface area is 295 Å². The van der Waals surface area contributed by atoms with E-state index in [2.05, 4.69) is 27.8 Å². The lowest BCUT2D eigenvalue weighted by Gasteiger charge is -2.34. The minimum absolute atomic E-state index is 0.0267. The van der Waals surface area contributed by atoms with E-state index in [0.29, 0.717) is 38.9 Å². The molecule has 1 aliphatic carbocycles. The van der Waals surface area contributed by atoms with Crippen LogP contribution in [-0.4, -0.2) is 60.2 Å².